The fraction of sp³-hybridized carbons (Fsp3) is 0.769. The summed E-state index contributed by atoms with van der Waals surface area (Å²) in [5.41, 5.74) is 8.03. The summed E-state index contributed by atoms with van der Waals surface area (Å²) in [6, 6.07) is 0. The van der Waals surface area contributed by atoms with Gasteiger partial charge in [-0.1, -0.05) is 13.3 Å². The molecule has 0 aliphatic carbocycles. The molecule has 5 nitrogen and oxygen atoms in total. The lowest BCUT2D eigenvalue weighted by Gasteiger charge is -2.23. The molecule has 2 N–H and O–H groups in total. The SMILES string of the molecule is CCCc1nn(C)c(N(CC)CCOCC)c1N. The van der Waals surface area contributed by atoms with Gasteiger partial charge in [0.05, 0.1) is 18.0 Å². The van der Waals surface area contributed by atoms with E-state index in [0.717, 1.165) is 56.3 Å². The zero-order valence-corrected chi connectivity index (χ0v) is 12.1. The lowest BCUT2D eigenvalue weighted by molar-refractivity contribution is 0.154. The van der Waals surface area contributed by atoms with Gasteiger partial charge in [-0.25, -0.2) is 0 Å². The van der Waals surface area contributed by atoms with Gasteiger partial charge in [0.25, 0.3) is 0 Å². The number of hydrogen-bond donors (Lipinski definition) is 1. The van der Waals surface area contributed by atoms with Gasteiger partial charge in [-0.15, -0.1) is 0 Å². The number of aryl methyl sites for hydroxylation is 2. The van der Waals surface area contributed by atoms with E-state index in [1.807, 2.05) is 18.7 Å². The van der Waals surface area contributed by atoms with E-state index >= 15 is 0 Å². The maximum Gasteiger partial charge on any atom is 0.150 e. The van der Waals surface area contributed by atoms with Gasteiger partial charge in [-0.2, -0.15) is 5.10 Å². The van der Waals surface area contributed by atoms with Crippen molar-refractivity contribution in [2.75, 3.05) is 36.9 Å². The van der Waals surface area contributed by atoms with E-state index in [2.05, 4.69) is 23.8 Å². The van der Waals surface area contributed by atoms with E-state index in [-0.39, 0.29) is 0 Å². The Morgan fingerprint density at radius 3 is 2.61 bits per heavy atom. The average Bonchev–Trinajstić information content (AvgIpc) is 2.62. The Morgan fingerprint density at radius 2 is 2.06 bits per heavy atom. The molecule has 104 valence electrons. The van der Waals surface area contributed by atoms with Crippen molar-refractivity contribution in [1.29, 1.82) is 0 Å². The van der Waals surface area contributed by atoms with Crippen LogP contribution < -0.4 is 10.6 Å². The number of nitrogen functional groups attached to an aromatic ring is 1. The topological polar surface area (TPSA) is 56.3 Å². The molecule has 1 aromatic heterocycles. The Morgan fingerprint density at radius 1 is 1.33 bits per heavy atom. The van der Waals surface area contributed by atoms with Crippen LogP contribution in [-0.2, 0) is 18.2 Å². The lowest BCUT2D eigenvalue weighted by Crippen LogP contribution is -2.29. The highest BCUT2D eigenvalue weighted by Gasteiger charge is 2.17. The molecule has 0 spiro atoms. The third kappa shape index (κ3) is 3.38. The highest BCUT2D eigenvalue weighted by Crippen LogP contribution is 2.26. The molecule has 0 aromatic carbocycles. The Bertz CT molecular complexity index is 362. The summed E-state index contributed by atoms with van der Waals surface area (Å²) in [5.74, 6) is 1.01. The first-order chi connectivity index (χ1) is 8.65. The van der Waals surface area contributed by atoms with E-state index in [9.17, 15) is 0 Å². The third-order valence-corrected chi connectivity index (χ3v) is 3.01. The summed E-state index contributed by atoms with van der Waals surface area (Å²) < 4.78 is 7.29. The van der Waals surface area contributed by atoms with Crippen LogP contribution in [0.3, 0.4) is 0 Å². The summed E-state index contributed by atoms with van der Waals surface area (Å²) in [5, 5.41) is 4.51. The molecule has 0 aliphatic rings. The number of likely N-dealkylation sites (N-methyl/N-ethyl adjacent to an activating group) is 1. The minimum absolute atomic E-state index is 0.720. The van der Waals surface area contributed by atoms with Crippen molar-refractivity contribution >= 4 is 11.5 Å². The minimum atomic E-state index is 0.720. The Hall–Kier alpha value is -1.23. The van der Waals surface area contributed by atoms with Crippen LogP contribution in [0.1, 0.15) is 32.9 Å². The number of hydrogen-bond acceptors (Lipinski definition) is 4. The summed E-state index contributed by atoms with van der Waals surface area (Å²) in [6.07, 6.45) is 1.99. The lowest BCUT2D eigenvalue weighted by atomic mass is 10.2. The Labute approximate surface area is 110 Å². The summed E-state index contributed by atoms with van der Waals surface area (Å²) >= 11 is 0. The molecule has 1 rings (SSSR count). The van der Waals surface area contributed by atoms with Crippen LogP contribution in [0.5, 0.6) is 0 Å². The number of rotatable bonds is 8. The van der Waals surface area contributed by atoms with E-state index < -0.39 is 0 Å². The van der Waals surface area contributed by atoms with Gasteiger partial charge >= 0.3 is 0 Å². The van der Waals surface area contributed by atoms with Crippen molar-refractivity contribution < 1.29 is 4.74 Å². The molecule has 18 heavy (non-hydrogen) atoms. The second kappa shape index (κ2) is 7.26. The monoisotopic (exact) mass is 254 g/mol. The van der Waals surface area contributed by atoms with Crippen LogP contribution in [0, 0.1) is 0 Å². The predicted octanol–water partition coefficient (Wildman–Crippen LogP) is 1.82. The molecule has 0 aliphatic heterocycles. The fourth-order valence-electron chi connectivity index (χ4n) is 2.12. The number of ether oxygens (including phenoxy) is 1. The summed E-state index contributed by atoms with van der Waals surface area (Å²) in [6.45, 7) is 9.49. The van der Waals surface area contributed by atoms with Crippen LogP contribution in [-0.4, -0.2) is 36.1 Å². The second-order valence-corrected chi connectivity index (χ2v) is 4.33. The first kappa shape index (κ1) is 14.8. The van der Waals surface area contributed by atoms with Crippen LogP contribution in [0.2, 0.25) is 0 Å². The molecule has 0 saturated heterocycles. The van der Waals surface area contributed by atoms with Gasteiger partial charge in [0.1, 0.15) is 5.82 Å². The largest absolute Gasteiger partial charge is 0.394 e. The maximum absolute atomic E-state index is 6.21. The normalized spacial score (nSPS) is 10.9. The first-order valence-electron chi connectivity index (χ1n) is 6.79. The minimum Gasteiger partial charge on any atom is -0.394 e. The quantitative estimate of drug-likeness (QED) is 0.719. The van der Waals surface area contributed by atoms with Crippen LogP contribution in [0.4, 0.5) is 11.5 Å². The standard InChI is InChI=1S/C13H26N4O/c1-5-8-11-12(14)13(16(4)15-11)17(6-2)9-10-18-7-3/h5-10,14H2,1-4H3. The van der Waals surface area contributed by atoms with Gasteiger partial charge in [0.2, 0.25) is 0 Å². The molecular weight excluding hydrogens is 228 g/mol. The van der Waals surface area contributed by atoms with E-state index in [1.165, 1.54) is 0 Å². The molecule has 1 heterocycles. The van der Waals surface area contributed by atoms with E-state index in [4.69, 9.17) is 10.5 Å². The van der Waals surface area contributed by atoms with Crippen LogP contribution in [0.25, 0.3) is 0 Å². The smallest absolute Gasteiger partial charge is 0.150 e. The maximum atomic E-state index is 6.21. The number of anilines is 2. The zero-order chi connectivity index (χ0) is 13.5. The van der Waals surface area contributed by atoms with Crippen LogP contribution in [0.15, 0.2) is 0 Å². The molecule has 0 radical (unpaired) electrons. The first-order valence-corrected chi connectivity index (χ1v) is 6.79. The Balaban J connectivity index is 2.84. The van der Waals surface area contributed by atoms with Crippen molar-refractivity contribution in [2.24, 2.45) is 7.05 Å². The van der Waals surface area contributed by atoms with Crippen molar-refractivity contribution in [3.05, 3.63) is 5.69 Å². The van der Waals surface area contributed by atoms with Gasteiger partial charge in [0, 0.05) is 26.7 Å². The van der Waals surface area contributed by atoms with Crippen molar-refractivity contribution in [3.63, 3.8) is 0 Å². The van der Waals surface area contributed by atoms with E-state index in [0.29, 0.717) is 0 Å². The van der Waals surface area contributed by atoms with E-state index in [1.54, 1.807) is 0 Å². The second-order valence-electron chi connectivity index (χ2n) is 4.33. The highest BCUT2D eigenvalue weighted by atomic mass is 16.5. The van der Waals surface area contributed by atoms with Crippen LogP contribution >= 0.6 is 0 Å². The van der Waals surface area contributed by atoms with Crippen molar-refractivity contribution in [1.82, 2.24) is 9.78 Å². The summed E-state index contributed by atoms with van der Waals surface area (Å²) in [7, 11) is 1.95. The molecular formula is C13H26N4O. The molecule has 0 fully saturated rings. The number of aromatic nitrogens is 2. The summed E-state index contributed by atoms with van der Waals surface area (Å²) in [4.78, 5) is 2.22. The van der Waals surface area contributed by atoms with Gasteiger partial charge in [-0.3, -0.25) is 4.68 Å². The number of nitrogens with two attached hydrogens (primary N) is 1. The average molecular weight is 254 g/mol. The molecule has 0 saturated carbocycles. The molecule has 0 unspecified atom stereocenters. The van der Waals surface area contributed by atoms with Gasteiger partial charge in [-0.05, 0) is 20.3 Å². The molecule has 5 heteroatoms. The zero-order valence-electron chi connectivity index (χ0n) is 12.1. The third-order valence-electron chi connectivity index (χ3n) is 3.01. The van der Waals surface area contributed by atoms with Crippen molar-refractivity contribution in [2.45, 2.75) is 33.6 Å². The van der Waals surface area contributed by atoms with Gasteiger partial charge < -0.3 is 15.4 Å². The van der Waals surface area contributed by atoms with Gasteiger partial charge in [0.15, 0.2) is 0 Å². The fourth-order valence-corrected chi connectivity index (χ4v) is 2.12. The predicted molar refractivity (Wildman–Crippen MR) is 76.0 cm³/mol. The molecule has 0 bridgehead atoms. The Kier molecular flexibility index (Phi) is 5.98. The highest BCUT2D eigenvalue weighted by molar-refractivity contribution is 5.66. The number of nitrogens with zero attached hydrogens (tertiary/aromatic N) is 3. The molecule has 0 atom stereocenters. The molecule has 1 aromatic rings. The van der Waals surface area contributed by atoms with Crippen molar-refractivity contribution in [3.8, 4) is 0 Å². The molecule has 0 amide bonds.